The summed E-state index contributed by atoms with van der Waals surface area (Å²) in [5.74, 6) is 0.844. The molecule has 2 amide bonds. The second-order valence-corrected chi connectivity index (χ2v) is 6.19. The van der Waals surface area contributed by atoms with Gasteiger partial charge < -0.3 is 15.1 Å². The van der Waals surface area contributed by atoms with Crippen LogP contribution in [0.15, 0.2) is 30.3 Å². The Balaban J connectivity index is 1.54. The summed E-state index contributed by atoms with van der Waals surface area (Å²) in [6.45, 7) is 6.43. The van der Waals surface area contributed by atoms with E-state index in [9.17, 15) is 9.59 Å². The summed E-state index contributed by atoms with van der Waals surface area (Å²) < 4.78 is 0. The summed E-state index contributed by atoms with van der Waals surface area (Å²) in [6.07, 6.45) is 0. The highest BCUT2D eigenvalue weighted by atomic mass is 16.2. The normalized spacial score (nSPS) is 20.4. The van der Waals surface area contributed by atoms with Gasteiger partial charge in [0.2, 0.25) is 5.91 Å². The Kier molecular flexibility index (Phi) is 4.43. The van der Waals surface area contributed by atoms with Crippen LogP contribution >= 0.6 is 0 Å². The number of carbonyl (C=O) groups is 2. The van der Waals surface area contributed by atoms with E-state index in [4.69, 9.17) is 0 Å². The molecule has 0 bridgehead atoms. The zero-order chi connectivity index (χ0) is 15.5. The Hall–Kier alpha value is -1.88. The molecule has 0 radical (unpaired) electrons. The molecule has 2 aliphatic heterocycles. The van der Waals surface area contributed by atoms with E-state index < -0.39 is 0 Å². The minimum Gasteiger partial charge on any atom is -0.339 e. The van der Waals surface area contributed by atoms with Gasteiger partial charge in [-0.15, -0.1) is 0 Å². The smallest absolute Gasteiger partial charge is 0.253 e. The lowest BCUT2D eigenvalue weighted by molar-refractivity contribution is -0.138. The van der Waals surface area contributed by atoms with Crippen LogP contribution in [-0.4, -0.2) is 60.9 Å². The van der Waals surface area contributed by atoms with Crippen molar-refractivity contribution in [2.24, 2.45) is 11.8 Å². The minimum atomic E-state index is 0.0592. The number of amides is 2. The Bertz CT molecular complexity index is 534. The molecule has 2 aliphatic rings. The quantitative estimate of drug-likeness (QED) is 0.899. The predicted molar refractivity (Wildman–Crippen MR) is 84.4 cm³/mol. The van der Waals surface area contributed by atoms with Gasteiger partial charge in [-0.25, -0.2) is 0 Å². The Labute approximate surface area is 131 Å². The molecular weight excluding hydrogens is 278 g/mol. The van der Waals surface area contributed by atoms with E-state index in [0.717, 1.165) is 18.7 Å². The molecule has 2 heterocycles. The third kappa shape index (κ3) is 2.99. The fourth-order valence-electron chi connectivity index (χ4n) is 3.05. The van der Waals surface area contributed by atoms with Crippen LogP contribution in [0.2, 0.25) is 0 Å². The monoisotopic (exact) mass is 301 g/mol. The van der Waals surface area contributed by atoms with Gasteiger partial charge in [-0.2, -0.15) is 0 Å². The molecule has 1 aromatic rings. The molecule has 1 unspecified atom stereocenters. The van der Waals surface area contributed by atoms with Crippen LogP contribution in [0.1, 0.15) is 17.3 Å². The second kappa shape index (κ2) is 6.48. The molecule has 5 nitrogen and oxygen atoms in total. The number of hydrogen-bond donors (Lipinski definition) is 1. The highest BCUT2D eigenvalue weighted by Gasteiger charge is 2.33. The van der Waals surface area contributed by atoms with Crippen molar-refractivity contribution < 1.29 is 9.59 Å². The SMILES string of the molecule is CC(C(=O)N1CCN(C(=O)c2ccccc2)CC1)C1CNC1. The Morgan fingerprint density at radius 1 is 1.05 bits per heavy atom. The van der Waals surface area contributed by atoms with Crippen molar-refractivity contribution in [2.75, 3.05) is 39.3 Å². The number of rotatable bonds is 3. The second-order valence-electron chi connectivity index (χ2n) is 6.19. The zero-order valence-corrected chi connectivity index (χ0v) is 13.0. The lowest BCUT2D eigenvalue weighted by atomic mass is 9.88. The summed E-state index contributed by atoms with van der Waals surface area (Å²) >= 11 is 0. The van der Waals surface area contributed by atoms with E-state index >= 15 is 0 Å². The van der Waals surface area contributed by atoms with E-state index in [1.807, 2.05) is 47.1 Å². The summed E-state index contributed by atoms with van der Waals surface area (Å²) in [6, 6.07) is 9.34. The van der Waals surface area contributed by atoms with Gasteiger partial charge in [0.25, 0.3) is 5.91 Å². The molecule has 2 fully saturated rings. The van der Waals surface area contributed by atoms with Crippen LogP contribution in [0, 0.1) is 11.8 Å². The minimum absolute atomic E-state index is 0.0592. The van der Waals surface area contributed by atoms with Gasteiger partial charge in [-0.3, -0.25) is 9.59 Å². The van der Waals surface area contributed by atoms with Gasteiger partial charge in [-0.05, 0) is 31.1 Å². The van der Waals surface area contributed by atoms with Crippen molar-refractivity contribution in [3.05, 3.63) is 35.9 Å². The summed E-state index contributed by atoms with van der Waals surface area (Å²) in [5.41, 5.74) is 0.719. The summed E-state index contributed by atoms with van der Waals surface area (Å²) in [5, 5.41) is 3.22. The van der Waals surface area contributed by atoms with Crippen molar-refractivity contribution in [1.29, 1.82) is 0 Å². The third-order valence-electron chi connectivity index (χ3n) is 4.81. The Morgan fingerprint density at radius 3 is 2.18 bits per heavy atom. The van der Waals surface area contributed by atoms with Crippen LogP contribution < -0.4 is 5.32 Å². The van der Waals surface area contributed by atoms with Gasteiger partial charge in [0.15, 0.2) is 0 Å². The number of hydrogen-bond acceptors (Lipinski definition) is 3. The molecule has 118 valence electrons. The highest BCUT2D eigenvalue weighted by Crippen LogP contribution is 2.19. The standard InChI is InChI=1S/C17H23N3O2/c1-13(15-11-18-12-15)16(21)19-7-9-20(10-8-19)17(22)14-5-3-2-4-6-14/h2-6,13,15,18H,7-12H2,1H3. The molecular formula is C17H23N3O2. The molecule has 3 rings (SSSR count). The van der Waals surface area contributed by atoms with Gasteiger partial charge in [0, 0.05) is 37.7 Å². The van der Waals surface area contributed by atoms with E-state index in [0.29, 0.717) is 32.1 Å². The van der Waals surface area contributed by atoms with Crippen LogP contribution in [0.25, 0.3) is 0 Å². The first-order valence-electron chi connectivity index (χ1n) is 8.00. The molecule has 0 spiro atoms. The predicted octanol–water partition coefficient (Wildman–Crippen LogP) is 0.827. The number of nitrogens with zero attached hydrogens (tertiary/aromatic N) is 2. The van der Waals surface area contributed by atoms with Crippen molar-refractivity contribution in [3.8, 4) is 0 Å². The third-order valence-corrected chi connectivity index (χ3v) is 4.81. The maximum Gasteiger partial charge on any atom is 0.253 e. The maximum atomic E-state index is 12.5. The number of piperazine rings is 1. The summed E-state index contributed by atoms with van der Waals surface area (Å²) in [4.78, 5) is 28.6. The number of benzene rings is 1. The average molecular weight is 301 g/mol. The zero-order valence-electron chi connectivity index (χ0n) is 13.0. The van der Waals surface area contributed by atoms with E-state index in [-0.39, 0.29) is 17.7 Å². The molecule has 1 aromatic carbocycles. The van der Waals surface area contributed by atoms with Crippen LogP contribution in [-0.2, 0) is 4.79 Å². The molecule has 2 saturated heterocycles. The summed E-state index contributed by atoms with van der Waals surface area (Å²) in [7, 11) is 0. The van der Waals surface area contributed by atoms with E-state index in [1.165, 1.54) is 0 Å². The van der Waals surface area contributed by atoms with Crippen molar-refractivity contribution in [3.63, 3.8) is 0 Å². The molecule has 0 saturated carbocycles. The first-order valence-corrected chi connectivity index (χ1v) is 8.00. The fourth-order valence-corrected chi connectivity index (χ4v) is 3.05. The van der Waals surface area contributed by atoms with Crippen molar-refractivity contribution in [1.82, 2.24) is 15.1 Å². The molecule has 0 aliphatic carbocycles. The molecule has 1 atom stereocenters. The topological polar surface area (TPSA) is 52.7 Å². The highest BCUT2D eigenvalue weighted by molar-refractivity contribution is 5.94. The van der Waals surface area contributed by atoms with E-state index in [2.05, 4.69) is 5.32 Å². The lowest BCUT2D eigenvalue weighted by Gasteiger charge is -2.39. The maximum absolute atomic E-state index is 12.5. The van der Waals surface area contributed by atoms with Gasteiger partial charge in [0.1, 0.15) is 0 Å². The lowest BCUT2D eigenvalue weighted by Crippen LogP contribution is -2.55. The molecule has 22 heavy (non-hydrogen) atoms. The Morgan fingerprint density at radius 2 is 1.64 bits per heavy atom. The van der Waals surface area contributed by atoms with Crippen LogP contribution in [0.3, 0.4) is 0 Å². The fraction of sp³-hybridized carbons (Fsp3) is 0.529. The molecule has 5 heteroatoms. The molecule has 1 N–H and O–H groups in total. The van der Waals surface area contributed by atoms with Gasteiger partial charge in [0.05, 0.1) is 0 Å². The first kappa shape index (κ1) is 15.0. The van der Waals surface area contributed by atoms with Gasteiger partial charge in [-0.1, -0.05) is 25.1 Å². The largest absolute Gasteiger partial charge is 0.339 e. The number of carbonyl (C=O) groups excluding carboxylic acids is 2. The van der Waals surface area contributed by atoms with E-state index in [1.54, 1.807) is 0 Å². The van der Waals surface area contributed by atoms with Gasteiger partial charge >= 0.3 is 0 Å². The van der Waals surface area contributed by atoms with Crippen molar-refractivity contribution >= 4 is 11.8 Å². The average Bonchev–Trinajstić information content (AvgIpc) is 2.53. The first-order chi connectivity index (χ1) is 10.7. The van der Waals surface area contributed by atoms with Crippen molar-refractivity contribution in [2.45, 2.75) is 6.92 Å². The van der Waals surface area contributed by atoms with Crippen LogP contribution in [0.5, 0.6) is 0 Å². The number of nitrogens with one attached hydrogen (secondary N) is 1. The molecule has 0 aromatic heterocycles. The van der Waals surface area contributed by atoms with Crippen LogP contribution in [0.4, 0.5) is 0 Å².